The number of rotatable bonds is 3. The third-order valence-electron chi connectivity index (χ3n) is 3.05. The second-order valence-corrected chi connectivity index (χ2v) is 5.18. The minimum absolute atomic E-state index is 0.142. The molecule has 0 amide bonds. The van der Waals surface area contributed by atoms with Crippen LogP contribution in [0, 0.1) is 5.82 Å². The Morgan fingerprint density at radius 3 is 2.37 bits per heavy atom. The van der Waals surface area contributed by atoms with Crippen LogP contribution >= 0.6 is 11.6 Å². The van der Waals surface area contributed by atoms with Crippen LogP contribution < -0.4 is 0 Å². The molecule has 1 aromatic heterocycles. The summed E-state index contributed by atoms with van der Waals surface area (Å²) in [5, 5.41) is 15.2. The van der Waals surface area contributed by atoms with Crippen LogP contribution in [-0.2, 0) is 7.05 Å². The molecule has 1 N–H and O–H groups in total. The number of hydrogen-bond acceptors (Lipinski definition) is 2. The van der Waals surface area contributed by atoms with Crippen LogP contribution in [0.4, 0.5) is 4.39 Å². The molecule has 102 valence electrons. The fourth-order valence-corrected chi connectivity index (χ4v) is 2.27. The fraction of sp³-hybridized carbons (Fsp3) is 0.357. The first-order chi connectivity index (χ1) is 8.91. The van der Waals surface area contributed by atoms with E-state index in [1.54, 1.807) is 23.9 Å². The van der Waals surface area contributed by atoms with E-state index in [0.29, 0.717) is 16.3 Å². The largest absolute Gasteiger partial charge is 0.383 e. The lowest BCUT2D eigenvalue weighted by atomic mass is 9.97. The van der Waals surface area contributed by atoms with E-state index in [1.165, 1.54) is 12.1 Å². The van der Waals surface area contributed by atoms with Gasteiger partial charge in [0, 0.05) is 12.6 Å². The van der Waals surface area contributed by atoms with Gasteiger partial charge in [-0.15, -0.1) is 0 Å². The smallest absolute Gasteiger partial charge is 0.133 e. The topological polar surface area (TPSA) is 38.0 Å². The van der Waals surface area contributed by atoms with Gasteiger partial charge in [0.2, 0.25) is 0 Å². The standard InChI is InChI=1S/C14H16ClFN2O/c1-8(2)12-11(14(15)18(3)17-12)13(19)9-4-6-10(16)7-5-9/h4-8,13,19H,1-3H3. The van der Waals surface area contributed by atoms with Gasteiger partial charge in [-0.1, -0.05) is 37.6 Å². The van der Waals surface area contributed by atoms with E-state index in [1.807, 2.05) is 13.8 Å². The van der Waals surface area contributed by atoms with E-state index >= 15 is 0 Å². The molecule has 0 saturated heterocycles. The number of aliphatic hydroxyl groups is 1. The summed E-state index contributed by atoms with van der Waals surface area (Å²) in [6.45, 7) is 3.97. The van der Waals surface area contributed by atoms with Crippen molar-refractivity contribution in [3.05, 3.63) is 52.1 Å². The molecule has 1 aromatic carbocycles. The van der Waals surface area contributed by atoms with Crippen LogP contribution in [0.1, 0.15) is 42.7 Å². The number of aromatic nitrogens is 2. The number of aliphatic hydroxyl groups excluding tert-OH is 1. The molecule has 19 heavy (non-hydrogen) atoms. The molecule has 0 aliphatic rings. The second-order valence-electron chi connectivity index (χ2n) is 4.82. The summed E-state index contributed by atoms with van der Waals surface area (Å²) in [4.78, 5) is 0. The highest BCUT2D eigenvalue weighted by atomic mass is 35.5. The summed E-state index contributed by atoms with van der Waals surface area (Å²) in [5.74, 6) is -0.193. The average Bonchev–Trinajstić information content (AvgIpc) is 2.66. The van der Waals surface area contributed by atoms with Gasteiger partial charge in [-0.2, -0.15) is 5.10 Å². The number of hydrogen-bond donors (Lipinski definition) is 1. The zero-order valence-electron chi connectivity index (χ0n) is 11.1. The zero-order valence-corrected chi connectivity index (χ0v) is 11.8. The van der Waals surface area contributed by atoms with E-state index < -0.39 is 6.10 Å². The van der Waals surface area contributed by atoms with Crippen LogP contribution in [0.5, 0.6) is 0 Å². The Hall–Kier alpha value is -1.39. The van der Waals surface area contributed by atoms with E-state index in [2.05, 4.69) is 5.10 Å². The lowest BCUT2D eigenvalue weighted by Crippen LogP contribution is -2.04. The van der Waals surface area contributed by atoms with Crippen molar-refractivity contribution in [2.45, 2.75) is 25.9 Å². The van der Waals surface area contributed by atoms with Crippen LogP contribution in [0.3, 0.4) is 0 Å². The maximum atomic E-state index is 12.9. The van der Waals surface area contributed by atoms with E-state index in [-0.39, 0.29) is 11.7 Å². The highest BCUT2D eigenvalue weighted by molar-refractivity contribution is 6.30. The van der Waals surface area contributed by atoms with E-state index in [9.17, 15) is 9.50 Å². The molecule has 0 aliphatic heterocycles. The van der Waals surface area contributed by atoms with Crippen LogP contribution in [0.25, 0.3) is 0 Å². The van der Waals surface area contributed by atoms with Crippen molar-refractivity contribution in [3.8, 4) is 0 Å². The van der Waals surface area contributed by atoms with Crippen molar-refractivity contribution >= 4 is 11.6 Å². The molecule has 0 bridgehead atoms. The SMILES string of the molecule is CC(C)c1nn(C)c(Cl)c1C(O)c1ccc(F)cc1. The van der Waals surface area contributed by atoms with Crippen molar-refractivity contribution in [1.82, 2.24) is 9.78 Å². The normalized spacial score (nSPS) is 13.0. The molecular weight excluding hydrogens is 267 g/mol. The van der Waals surface area contributed by atoms with Crippen molar-refractivity contribution in [2.24, 2.45) is 7.05 Å². The molecule has 2 aromatic rings. The molecule has 0 fully saturated rings. The molecule has 0 radical (unpaired) electrons. The lowest BCUT2D eigenvalue weighted by Gasteiger charge is -2.13. The second kappa shape index (κ2) is 5.31. The monoisotopic (exact) mass is 282 g/mol. The molecule has 1 atom stereocenters. The maximum Gasteiger partial charge on any atom is 0.133 e. The number of halogens is 2. The van der Waals surface area contributed by atoms with Crippen molar-refractivity contribution in [1.29, 1.82) is 0 Å². The molecule has 1 unspecified atom stereocenters. The summed E-state index contributed by atoms with van der Waals surface area (Å²) < 4.78 is 14.5. The van der Waals surface area contributed by atoms with Crippen molar-refractivity contribution in [3.63, 3.8) is 0 Å². The Bertz CT molecular complexity index is 578. The third-order valence-corrected chi connectivity index (χ3v) is 3.49. The molecule has 0 saturated carbocycles. The van der Waals surface area contributed by atoms with Gasteiger partial charge < -0.3 is 5.11 Å². The molecule has 3 nitrogen and oxygen atoms in total. The molecule has 2 rings (SSSR count). The molecule has 0 spiro atoms. The van der Waals surface area contributed by atoms with Gasteiger partial charge in [0.1, 0.15) is 17.1 Å². The Balaban J connectivity index is 2.48. The van der Waals surface area contributed by atoms with Gasteiger partial charge in [-0.05, 0) is 23.6 Å². The van der Waals surface area contributed by atoms with E-state index in [0.717, 1.165) is 5.69 Å². The lowest BCUT2D eigenvalue weighted by molar-refractivity contribution is 0.218. The van der Waals surface area contributed by atoms with Gasteiger partial charge in [-0.25, -0.2) is 4.39 Å². The fourth-order valence-electron chi connectivity index (χ4n) is 2.03. The third kappa shape index (κ3) is 2.65. The highest BCUT2D eigenvalue weighted by Gasteiger charge is 2.24. The van der Waals surface area contributed by atoms with Gasteiger partial charge in [0.05, 0.1) is 5.69 Å². The first kappa shape index (κ1) is 14.0. The minimum Gasteiger partial charge on any atom is -0.383 e. The van der Waals surface area contributed by atoms with Crippen molar-refractivity contribution in [2.75, 3.05) is 0 Å². The summed E-state index contributed by atoms with van der Waals surface area (Å²) in [7, 11) is 1.73. The van der Waals surface area contributed by atoms with Gasteiger partial charge in [0.15, 0.2) is 0 Å². The van der Waals surface area contributed by atoms with Crippen molar-refractivity contribution < 1.29 is 9.50 Å². The number of aryl methyl sites for hydroxylation is 1. The van der Waals surface area contributed by atoms with Gasteiger partial charge >= 0.3 is 0 Å². The van der Waals surface area contributed by atoms with Crippen LogP contribution in [-0.4, -0.2) is 14.9 Å². The zero-order chi connectivity index (χ0) is 14.2. The van der Waals surface area contributed by atoms with Crippen LogP contribution in [0.2, 0.25) is 5.15 Å². The Kier molecular flexibility index (Phi) is 3.92. The Morgan fingerprint density at radius 2 is 1.84 bits per heavy atom. The number of nitrogens with zero attached hydrogens (tertiary/aromatic N) is 2. The predicted octanol–water partition coefficient (Wildman–Crippen LogP) is 3.42. The Labute approximate surface area is 116 Å². The first-order valence-corrected chi connectivity index (χ1v) is 6.45. The highest BCUT2D eigenvalue weighted by Crippen LogP contribution is 2.34. The predicted molar refractivity (Wildman–Crippen MR) is 72.8 cm³/mol. The quantitative estimate of drug-likeness (QED) is 0.937. The number of benzene rings is 1. The first-order valence-electron chi connectivity index (χ1n) is 6.07. The van der Waals surface area contributed by atoms with Crippen LogP contribution in [0.15, 0.2) is 24.3 Å². The molecule has 1 heterocycles. The summed E-state index contributed by atoms with van der Waals surface area (Å²) in [6.07, 6.45) is -0.904. The summed E-state index contributed by atoms with van der Waals surface area (Å²) in [6, 6.07) is 5.73. The average molecular weight is 283 g/mol. The molecule has 5 heteroatoms. The summed E-state index contributed by atoms with van der Waals surface area (Å²) >= 11 is 6.20. The molecular formula is C14H16ClFN2O. The minimum atomic E-state index is -0.904. The van der Waals surface area contributed by atoms with Gasteiger partial charge in [0.25, 0.3) is 0 Å². The summed E-state index contributed by atoms with van der Waals surface area (Å²) in [5.41, 5.74) is 1.94. The van der Waals surface area contributed by atoms with Gasteiger partial charge in [-0.3, -0.25) is 4.68 Å². The maximum absolute atomic E-state index is 12.9. The Morgan fingerprint density at radius 1 is 1.26 bits per heavy atom. The van der Waals surface area contributed by atoms with E-state index in [4.69, 9.17) is 11.6 Å². The molecule has 0 aliphatic carbocycles.